The summed E-state index contributed by atoms with van der Waals surface area (Å²) >= 11 is 1.46. The highest BCUT2D eigenvalue weighted by atomic mass is 32.2. The SMILES string of the molecule is COc1ccccc1-c1nnc(SCCOc2ccccc2)o1. The minimum absolute atomic E-state index is 0.453. The van der Waals surface area contributed by atoms with E-state index in [0.717, 1.165) is 17.1 Å². The maximum Gasteiger partial charge on any atom is 0.276 e. The first-order chi connectivity index (χ1) is 11.4. The van der Waals surface area contributed by atoms with Crippen molar-refractivity contribution in [2.75, 3.05) is 19.5 Å². The molecule has 6 heteroatoms. The van der Waals surface area contributed by atoms with Crippen LogP contribution in [0.25, 0.3) is 11.5 Å². The summed E-state index contributed by atoms with van der Waals surface area (Å²) in [6.07, 6.45) is 0. The third-order valence-corrected chi connectivity index (χ3v) is 3.85. The molecule has 0 N–H and O–H groups in total. The van der Waals surface area contributed by atoms with Crippen molar-refractivity contribution in [1.29, 1.82) is 0 Å². The topological polar surface area (TPSA) is 57.4 Å². The van der Waals surface area contributed by atoms with E-state index in [2.05, 4.69) is 10.2 Å². The van der Waals surface area contributed by atoms with Gasteiger partial charge in [0.05, 0.1) is 19.3 Å². The molecule has 0 aliphatic carbocycles. The van der Waals surface area contributed by atoms with E-state index in [0.29, 0.717) is 23.5 Å². The summed E-state index contributed by atoms with van der Waals surface area (Å²) in [7, 11) is 1.62. The number of ether oxygens (including phenoxy) is 2. The van der Waals surface area contributed by atoms with Gasteiger partial charge in [-0.25, -0.2) is 0 Å². The Balaban J connectivity index is 1.55. The van der Waals surface area contributed by atoms with Crippen LogP contribution >= 0.6 is 11.8 Å². The summed E-state index contributed by atoms with van der Waals surface area (Å²) in [6, 6.07) is 17.3. The van der Waals surface area contributed by atoms with Crippen molar-refractivity contribution in [2.24, 2.45) is 0 Å². The van der Waals surface area contributed by atoms with Crippen molar-refractivity contribution in [2.45, 2.75) is 5.22 Å². The summed E-state index contributed by atoms with van der Waals surface area (Å²) < 4.78 is 16.6. The van der Waals surface area contributed by atoms with Crippen LogP contribution in [-0.4, -0.2) is 29.7 Å². The standard InChI is InChI=1S/C17H16N2O3S/c1-20-15-10-6-5-9-14(15)16-18-19-17(22-16)23-12-11-21-13-7-3-2-4-8-13/h2-10H,11-12H2,1H3. The quantitative estimate of drug-likeness (QED) is 0.484. The van der Waals surface area contributed by atoms with Crippen LogP contribution in [0, 0.1) is 0 Å². The zero-order valence-corrected chi connectivity index (χ0v) is 13.5. The highest BCUT2D eigenvalue weighted by Gasteiger charge is 2.13. The van der Waals surface area contributed by atoms with Gasteiger partial charge in [-0.2, -0.15) is 0 Å². The number of hydrogen-bond acceptors (Lipinski definition) is 6. The monoisotopic (exact) mass is 328 g/mol. The highest BCUT2D eigenvalue weighted by Crippen LogP contribution is 2.30. The fourth-order valence-corrected chi connectivity index (χ4v) is 2.58. The van der Waals surface area contributed by atoms with Gasteiger partial charge in [-0.15, -0.1) is 10.2 Å². The maximum atomic E-state index is 5.67. The predicted molar refractivity (Wildman–Crippen MR) is 88.9 cm³/mol. The second kappa shape index (κ2) is 7.69. The molecule has 0 saturated carbocycles. The van der Waals surface area contributed by atoms with Crippen LogP contribution in [0.5, 0.6) is 11.5 Å². The molecule has 3 rings (SSSR count). The van der Waals surface area contributed by atoms with Gasteiger partial charge in [0, 0.05) is 5.75 Å². The van der Waals surface area contributed by atoms with Gasteiger partial charge in [0.1, 0.15) is 11.5 Å². The molecule has 1 heterocycles. The Bertz CT molecular complexity index is 746. The molecular weight excluding hydrogens is 312 g/mol. The predicted octanol–water partition coefficient (Wildman–Crippen LogP) is 3.92. The van der Waals surface area contributed by atoms with Crippen LogP contribution < -0.4 is 9.47 Å². The average Bonchev–Trinajstić information content (AvgIpc) is 3.08. The van der Waals surface area contributed by atoms with Crippen LogP contribution in [-0.2, 0) is 0 Å². The molecule has 0 aliphatic heterocycles. The molecule has 0 saturated heterocycles. The van der Waals surface area contributed by atoms with Crippen molar-refractivity contribution >= 4 is 11.8 Å². The van der Waals surface area contributed by atoms with Crippen LogP contribution in [0.15, 0.2) is 64.2 Å². The van der Waals surface area contributed by atoms with Gasteiger partial charge in [0.2, 0.25) is 0 Å². The molecule has 0 aliphatic rings. The van der Waals surface area contributed by atoms with E-state index in [1.54, 1.807) is 7.11 Å². The molecule has 3 aromatic rings. The molecule has 23 heavy (non-hydrogen) atoms. The molecule has 0 radical (unpaired) electrons. The second-order valence-corrected chi connectivity index (χ2v) is 5.63. The van der Waals surface area contributed by atoms with Gasteiger partial charge in [-0.3, -0.25) is 0 Å². The molecule has 2 aromatic carbocycles. The lowest BCUT2D eigenvalue weighted by Gasteiger charge is -2.04. The largest absolute Gasteiger partial charge is 0.496 e. The third kappa shape index (κ3) is 4.04. The van der Waals surface area contributed by atoms with Crippen LogP contribution in [0.3, 0.4) is 0 Å². The molecule has 0 spiro atoms. The summed E-state index contributed by atoms with van der Waals surface area (Å²) in [6.45, 7) is 0.570. The Morgan fingerprint density at radius 1 is 1.00 bits per heavy atom. The average molecular weight is 328 g/mol. The Kier molecular flexibility index (Phi) is 5.16. The van der Waals surface area contributed by atoms with Crippen molar-refractivity contribution in [3.63, 3.8) is 0 Å². The number of thioether (sulfide) groups is 1. The summed E-state index contributed by atoms with van der Waals surface area (Å²) in [4.78, 5) is 0. The minimum atomic E-state index is 0.453. The lowest BCUT2D eigenvalue weighted by atomic mass is 10.2. The molecular formula is C17H16N2O3S. The first-order valence-corrected chi connectivity index (χ1v) is 8.13. The van der Waals surface area contributed by atoms with Gasteiger partial charge in [-0.1, -0.05) is 42.1 Å². The molecule has 118 valence electrons. The smallest absolute Gasteiger partial charge is 0.276 e. The lowest BCUT2D eigenvalue weighted by Crippen LogP contribution is -1.99. The number of rotatable bonds is 7. The number of methoxy groups -OCH3 is 1. The molecule has 0 fully saturated rings. The van der Waals surface area contributed by atoms with E-state index in [1.807, 2.05) is 54.6 Å². The van der Waals surface area contributed by atoms with E-state index >= 15 is 0 Å². The first kappa shape index (κ1) is 15.4. The van der Waals surface area contributed by atoms with Gasteiger partial charge < -0.3 is 13.9 Å². The fourth-order valence-electron chi connectivity index (χ4n) is 2.00. The normalized spacial score (nSPS) is 10.5. The molecule has 5 nitrogen and oxygen atoms in total. The van der Waals surface area contributed by atoms with E-state index in [9.17, 15) is 0 Å². The Morgan fingerprint density at radius 2 is 1.78 bits per heavy atom. The molecule has 0 atom stereocenters. The van der Waals surface area contributed by atoms with E-state index in [4.69, 9.17) is 13.9 Å². The molecule has 0 amide bonds. The van der Waals surface area contributed by atoms with Gasteiger partial charge in [0.15, 0.2) is 0 Å². The lowest BCUT2D eigenvalue weighted by molar-refractivity contribution is 0.343. The number of hydrogen-bond donors (Lipinski definition) is 0. The Hall–Kier alpha value is -2.47. The van der Waals surface area contributed by atoms with Gasteiger partial charge in [0.25, 0.3) is 11.1 Å². The van der Waals surface area contributed by atoms with Crippen LogP contribution in [0.2, 0.25) is 0 Å². The number of para-hydroxylation sites is 2. The Morgan fingerprint density at radius 3 is 2.61 bits per heavy atom. The molecule has 1 aromatic heterocycles. The molecule has 0 bridgehead atoms. The van der Waals surface area contributed by atoms with E-state index < -0.39 is 0 Å². The third-order valence-electron chi connectivity index (χ3n) is 3.06. The fraction of sp³-hybridized carbons (Fsp3) is 0.176. The van der Waals surface area contributed by atoms with Gasteiger partial charge >= 0.3 is 0 Å². The maximum absolute atomic E-state index is 5.67. The van der Waals surface area contributed by atoms with Gasteiger partial charge in [-0.05, 0) is 24.3 Å². The van der Waals surface area contributed by atoms with E-state index in [-0.39, 0.29) is 0 Å². The number of benzene rings is 2. The van der Waals surface area contributed by atoms with Crippen molar-refractivity contribution < 1.29 is 13.9 Å². The second-order valence-electron chi connectivity index (χ2n) is 4.58. The van der Waals surface area contributed by atoms with Crippen LogP contribution in [0.1, 0.15) is 0 Å². The molecule has 0 unspecified atom stereocenters. The first-order valence-electron chi connectivity index (χ1n) is 7.14. The van der Waals surface area contributed by atoms with E-state index in [1.165, 1.54) is 11.8 Å². The number of nitrogens with zero attached hydrogens (tertiary/aromatic N) is 2. The Labute approximate surface area is 138 Å². The van der Waals surface area contributed by atoms with Crippen LogP contribution in [0.4, 0.5) is 0 Å². The zero-order valence-electron chi connectivity index (χ0n) is 12.6. The zero-order chi connectivity index (χ0) is 15.9. The highest BCUT2D eigenvalue weighted by molar-refractivity contribution is 7.99. The summed E-state index contributed by atoms with van der Waals surface area (Å²) in [5, 5.41) is 8.64. The summed E-state index contributed by atoms with van der Waals surface area (Å²) in [5.74, 6) is 2.74. The minimum Gasteiger partial charge on any atom is -0.496 e. The number of aromatic nitrogens is 2. The van der Waals surface area contributed by atoms with Crippen molar-refractivity contribution in [3.05, 3.63) is 54.6 Å². The van der Waals surface area contributed by atoms with Crippen molar-refractivity contribution in [3.8, 4) is 23.0 Å². The van der Waals surface area contributed by atoms with Crippen molar-refractivity contribution in [1.82, 2.24) is 10.2 Å². The summed E-state index contributed by atoms with van der Waals surface area (Å²) in [5.41, 5.74) is 0.787.